The number of para-hydroxylation sites is 1. The van der Waals surface area contributed by atoms with Crippen LogP contribution in [0.1, 0.15) is 11.1 Å². The Labute approximate surface area is 130 Å². The lowest BCUT2D eigenvalue weighted by molar-refractivity contribution is -0.137. The van der Waals surface area contributed by atoms with Gasteiger partial charge in [0.05, 0.1) is 5.52 Å². The molecule has 0 bridgehead atoms. The van der Waals surface area contributed by atoms with Gasteiger partial charge in [-0.05, 0) is 23.8 Å². The third-order valence-corrected chi connectivity index (χ3v) is 3.37. The van der Waals surface area contributed by atoms with Crippen LogP contribution in [0, 0.1) is 0 Å². The summed E-state index contributed by atoms with van der Waals surface area (Å²) in [5, 5.41) is 18.1. The van der Waals surface area contributed by atoms with Crippen LogP contribution in [-0.4, -0.2) is 20.7 Å². The molecule has 0 spiro atoms. The second-order valence-corrected chi connectivity index (χ2v) is 4.97. The van der Waals surface area contributed by atoms with Gasteiger partial charge < -0.3 is 14.6 Å². The lowest BCUT2D eigenvalue weighted by Crippen LogP contribution is -2.19. The summed E-state index contributed by atoms with van der Waals surface area (Å²) in [6.45, 7) is -0.447. The number of carbonyl (C=O) groups is 1. The largest absolute Gasteiger partial charge is 0.508 e. The second-order valence-electron chi connectivity index (χ2n) is 4.97. The topological polar surface area (TPSA) is 92.7 Å². The van der Waals surface area contributed by atoms with Crippen LogP contribution in [0.4, 0.5) is 0 Å². The summed E-state index contributed by atoms with van der Waals surface area (Å²) in [4.78, 5) is 22.7. The lowest BCUT2D eigenvalue weighted by Gasteiger charge is -1.99. The second kappa shape index (κ2) is 5.84. The minimum Gasteiger partial charge on any atom is -0.508 e. The monoisotopic (exact) mass is 311 g/mol. The molecule has 0 unspecified atom stereocenters. The molecule has 0 aliphatic heterocycles. The Balaban J connectivity index is 2.03. The quantitative estimate of drug-likeness (QED) is 0.722. The van der Waals surface area contributed by atoms with Crippen molar-refractivity contribution >= 4 is 29.2 Å². The molecule has 2 N–H and O–H groups in total. The van der Waals surface area contributed by atoms with E-state index in [4.69, 9.17) is 9.52 Å². The van der Waals surface area contributed by atoms with Gasteiger partial charge in [0.2, 0.25) is 0 Å². The first-order valence-corrected chi connectivity index (χ1v) is 6.86. The van der Waals surface area contributed by atoms with E-state index in [0.29, 0.717) is 16.7 Å². The molecule has 1 aromatic heterocycles. The van der Waals surface area contributed by atoms with Gasteiger partial charge in [0, 0.05) is 5.56 Å². The van der Waals surface area contributed by atoms with Gasteiger partial charge in [0.25, 0.3) is 0 Å². The molecule has 3 rings (SSSR count). The number of benzene rings is 2. The van der Waals surface area contributed by atoms with Gasteiger partial charge in [-0.25, -0.2) is 4.79 Å². The molecule has 0 saturated carbocycles. The summed E-state index contributed by atoms with van der Waals surface area (Å²) in [6.07, 6.45) is 3.57. The first-order valence-electron chi connectivity index (χ1n) is 6.86. The first-order chi connectivity index (χ1) is 11.0. The van der Waals surface area contributed by atoms with Gasteiger partial charge in [-0.15, -0.1) is 0 Å². The summed E-state index contributed by atoms with van der Waals surface area (Å²) in [7, 11) is 0. The lowest BCUT2D eigenvalue weighted by atomic mass is 10.1. The normalized spacial score (nSPS) is 11.3. The third kappa shape index (κ3) is 3.01. The fourth-order valence-electron chi connectivity index (χ4n) is 2.29. The highest BCUT2D eigenvalue weighted by Gasteiger charge is 2.13. The predicted octanol–water partition coefficient (Wildman–Crippen LogP) is 2.56. The average molecular weight is 311 g/mol. The number of carboxylic acids is 1. The number of aliphatic carboxylic acids is 1. The molecule has 0 radical (unpaired) electrons. The van der Waals surface area contributed by atoms with E-state index in [1.54, 1.807) is 48.5 Å². The van der Waals surface area contributed by atoms with E-state index >= 15 is 0 Å². The fourth-order valence-corrected chi connectivity index (χ4v) is 2.29. The molecular weight excluding hydrogens is 298 g/mol. The van der Waals surface area contributed by atoms with Gasteiger partial charge in [0.15, 0.2) is 5.58 Å². The Morgan fingerprint density at radius 2 is 1.87 bits per heavy atom. The van der Waals surface area contributed by atoms with Gasteiger partial charge in [-0.3, -0.25) is 9.36 Å². The van der Waals surface area contributed by atoms with E-state index in [0.717, 1.165) is 10.1 Å². The van der Waals surface area contributed by atoms with E-state index in [1.807, 2.05) is 6.08 Å². The summed E-state index contributed by atoms with van der Waals surface area (Å²) in [5.41, 5.74) is 2.31. The zero-order chi connectivity index (χ0) is 16.4. The highest BCUT2D eigenvalue weighted by atomic mass is 16.4. The number of rotatable bonds is 4. The van der Waals surface area contributed by atoms with Crippen molar-refractivity contribution in [1.82, 2.24) is 4.57 Å². The molecule has 6 nitrogen and oxygen atoms in total. The van der Waals surface area contributed by atoms with Crippen molar-refractivity contribution in [1.29, 1.82) is 0 Å². The number of nitrogens with zero attached hydrogens (tertiary/aromatic N) is 1. The van der Waals surface area contributed by atoms with Crippen molar-refractivity contribution in [3.63, 3.8) is 0 Å². The number of phenolic OH excluding ortho intramolecular Hbond substituents is 1. The molecule has 0 saturated heterocycles. The highest BCUT2D eigenvalue weighted by molar-refractivity contribution is 5.87. The van der Waals surface area contributed by atoms with Crippen LogP contribution in [0.3, 0.4) is 0 Å². The molecule has 116 valence electrons. The Morgan fingerprint density at radius 3 is 2.57 bits per heavy atom. The molecule has 0 aliphatic carbocycles. The zero-order valence-corrected chi connectivity index (χ0v) is 12.0. The molecule has 2 aromatic carbocycles. The number of aromatic nitrogens is 1. The smallest absolute Gasteiger partial charge is 0.420 e. The number of aromatic hydroxyl groups is 1. The molecule has 3 aromatic rings. The predicted molar refractivity (Wildman–Crippen MR) is 85.1 cm³/mol. The molecule has 6 heteroatoms. The van der Waals surface area contributed by atoms with Crippen molar-refractivity contribution in [3.8, 4) is 5.75 Å². The van der Waals surface area contributed by atoms with Crippen molar-refractivity contribution in [2.75, 3.05) is 0 Å². The minimum atomic E-state index is -1.11. The van der Waals surface area contributed by atoms with Crippen LogP contribution < -0.4 is 5.76 Å². The van der Waals surface area contributed by atoms with Crippen LogP contribution in [0.5, 0.6) is 5.75 Å². The van der Waals surface area contributed by atoms with Gasteiger partial charge in [-0.1, -0.05) is 36.4 Å². The van der Waals surface area contributed by atoms with Crippen molar-refractivity contribution in [3.05, 3.63) is 64.1 Å². The van der Waals surface area contributed by atoms with Gasteiger partial charge >= 0.3 is 11.7 Å². The van der Waals surface area contributed by atoms with E-state index in [-0.39, 0.29) is 5.75 Å². The number of phenols is 1. The Kier molecular flexibility index (Phi) is 3.72. The summed E-state index contributed by atoms with van der Waals surface area (Å²) in [6, 6.07) is 11.8. The maximum atomic E-state index is 11.8. The van der Waals surface area contributed by atoms with Crippen LogP contribution in [-0.2, 0) is 11.3 Å². The SMILES string of the molecule is O=C(O)Cn1c(=O)oc2c(/C=C/c3ccc(O)cc3)cccc21. The highest BCUT2D eigenvalue weighted by Crippen LogP contribution is 2.20. The number of hydrogen-bond donors (Lipinski definition) is 2. The van der Waals surface area contributed by atoms with Crippen LogP contribution in [0.25, 0.3) is 23.3 Å². The third-order valence-electron chi connectivity index (χ3n) is 3.37. The van der Waals surface area contributed by atoms with Crippen molar-refractivity contribution in [2.45, 2.75) is 6.54 Å². The van der Waals surface area contributed by atoms with Crippen LogP contribution in [0.15, 0.2) is 51.7 Å². The Morgan fingerprint density at radius 1 is 1.13 bits per heavy atom. The maximum absolute atomic E-state index is 11.8. The number of carboxylic acid groups (broad SMARTS) is 1. The first kappa shape index (κ1) is 14.6. The molecule has 0 fully saturated rings. The summed E-state index contributed by atoms with van der Waals surface area (Å²) in [5.74, 6) is -1.63. The molecule has 23 heavy (non-hydrogen) atoms. The Bertz CT molecular complexity index is 947. The number of hydrogen-bond acceptors (Lipinski definition) is 4. The number of oxazole rings is 1. The van der Waals surface area contributed by atoms with Crippen LogP contribution >= 0.6 is 0 Å². The molecular formula is C17H13NO5. The number of fused-ring (bicyclic) bond motifs is 1. The summed E-state index contributed by atoms with van der Waals surface area (Å²) < 4.78 is 6.27. The van der Waals surface area contributed by atoms with E-state index < -0.39 is 18.3 Å². The molecule has 1 heterocycles. The van der Waals surface area contributed by atoms with Gasteiger partial charge in [0.1, 0.15) is 12.3 Å². The average Bonchev–Trinajstić information content (AvgIpc) is 2.83. The van der Waals surface area contributed by atoms with E-state index in [9.17, 15) is 14.7 Å². The molecule has 0 atom stereocenters. The minimum absolute atomic E-state index is 0.181. The van der Waals surface area contributed by atoms with Gasteiger partial charge in [-0.2, -0.15) is 0 Å². The molecule has 0 aliphatic rings. The van der Waals surface area contributed by atoms with Crippen molar-refractivity contribution < 1.29 is 19.4 Å². The fraction of sp³-hybridized carbons (Fsp3) is 0.0588. The van der Waals surface area contributed by atoms with Crippen LogP contribution in [0.2, 0.25) is 0 Å². The standard InChI is InChI=1S/C17H13NO5/c19-13-8-5-11(6-9-13)4-7-12-2-1-3-14-16(12)23-17(22)18(14)10-15(20)21/h1-9,19H,10H2,(H,20,21)/b7-4+. The van der Waals surface area contributed by atoms with Crippen molar-refractivity contribution in [2.24, 2.45) is 0 Å². The Hall–Kier alpha value is -3.28. The van der Waals surface area contributed by atoms with E-state index in [2.05, 4.69) is 0 Å². The molecule has 0 amide bonds. The van der Waals surface area contributed by atoms with E-state index in [1.165, 1.54) is 0 Å². The summed E-state index contributed by atoms with van der Waals surface area (Å²) >= 11 is 0. The zero-order valence-electron chi connectivity index (χ0n) is 12.0. The maximum Gasteiger partial charge on any atom is 0.420 e.